The predicted molar refractivity (Wildman–Crippen MR) is 85.3 cm³/mol. The SMILES string of the molecule is Cc1ccc(CNc2cc(C(F)(F)F)ccc2Br)c(Br)c1. The van der Waals surface area contributed by atoms with Crippen LogP contribution in [-0.4, -0.2) is 0 Å². The lowest BCUT2D eigenvalue weighted by molar-refractivity contribution is -0.137. The molecular weight excluding hydrogens is 411 g/mol. The molecule has 0 atom stereocenters. The van der Waals surface area contributed by atoms with E-state index in [1.807, 2.05) is 25.1 Å². The molecule has 112 valence electrons. The molecule has 21 heavy (non-hydrogen) atoms. The molecule has 0 heterocycles. The number of halogens is 5. The highest BCUT2D eigenvalue weighted by Crippen LogP contribution is 2.34. The van der Waals surface area contributed by atoms with Gasteiger partial charge < -0.3 is 5.32 Å². The van der Waals surface area contributed by atoms with Gasteiger partial charge in [-0.25, -0.2) is 0 Å². The van der Waals surface area contributed by atoms with E-state index in [2.05, 4.69) is 37.2 Å². The molecule has 2 rings (SSSR count). The predicted octanol–water partition coefficient (Wildman–Crippen LogP) is 6.15. The summed E-state index contributed by atoms with van der Waals surface area (Å²) in [6.07, 6.45) is -4.35. The van der Waals surface area contributed by atoms with Crippen LogP contribution in [0.2, 0.25) is 0 Å². The summed E-state index contributed by atoms with van der Waals surface area (Å²) in [5, 5.41) is 3.03. The van der Waals surface area contributed by atoms with Crippen LogP contribution in [0.25, 0.3) is 0 Å². The number of anilines is 1. The maximum absolute atomic E-state index is 12.7. The molecule has 0 aliphatic rings. The number of hydrogen-bond acceptors (Lipinski definition) is 1. The molecule has 0 aromatic heterocycles. The fourth-order valence-electron chi connectivity index (χ4n) is 1.82. The lowest BCUT2D eigenvalue weighted by atomic mass is 10.1. The Morgan fingerprint density at radius 2 is 1.71 bits per heavy atom. The van der Waals surface area contributed by atoms with E-state index in [1.54, 1.807) is 0 Å². The summed E-state index contributed by atoms with van der Waals surface area (Å²) < 4.78 is 39.7. The van der Waals surface area contributed by atoms with Crippen LogP contribution < -0.4 is 5.32 Å². The van der Waals surface area contributed by atoms with Crippen molar-refractivity contribution in [2.75, 3.05) is 5.32 Å². The molecule has 2 aromatic carbocycles. The highest BCUT2D eigenvalue weighted by atomic mass is 79.9. The fourth-order valence-corrected chi connectivity index (χ4v) is 2.84. The van der Waals surface area contributed by atoms with Gasteiger partial charge in [0.1, 0.15) is 0 Å². The second-order valence-corrected chi connectivity index (χ2v) is 6.35. The molecule has 0 unspecified atom stereocenters. The van der Waals surface area contributed by atoms with Crippen LogP contribution in [0.5, 0.6) is 0 Å². The Bertz CT molecular complexity index is 654. The highest BCUT2D eigenvalue weighted by Gasteiger charge is 2.30. The molecule has 0 aliphatic heterocycles. The molecule has 0 saturated heterocycles. The van der Waals surface area contributed by atoms with Gasteiger partial charge in [-0.1, -0.05) is 28.1 Å². The number of benzene rings is 2. The Kier molecular flexibility index (Phi) is 4.99. The second kappa shape index (κ2) is 6.40. The van der Waals surface area contributed by atoms with E-state index in [0.29, 0.717) is 16.7 Å². The summed E-state index contributed by atoms with van der Waals surface area (Å²) >= 11 is 6.71. The molecule has 1 nitrogen and oxygen atoms in total. The Labute approximate surface area is 137 Å². The van der Waals surface area contributed by atoms with Crippen molar-refractivity contribution in [1.29, 1.82) is 0 Å². The zero-order valence-corrected chi connectivity index (χ0v) is 14.2. The molecular formula is C15H12Br2F3N. The standard InChI is InChI=1S/C15H12Br2F3N/c1-9-2-3-10(13(17)6-9)8-21-14-7-11(15(18,19)20)4-5-12(14)16/h2-7,21H,8H2,1H3. The van der Waals surface area contributed by atoms with Crippen LogP contribution in [0, 0.1) is 6.92 Å². The summed E-state index contributed by atoms with van der Waals surface area (Å²) in [4.78, 5) is 0. The average Bonchev–Trinajstić information content (AvgIpc) is 2.38. The minimum atomic E-state index is -4.35. The zero-order valence-electron chi connectivity index (χ0n) is 11.1. The lowest BCUT2D eigenvalue weighted by Crippen LogP contribution is -2.07. The highest BCUT2D eigenvalue weighted by molar-refractivity contribution is 9.11. The summed E-state index contributed by atoms with van der Waals surface area (Å²) in [7, 11) is 0. The van der Waals surface area contributed by atoms with Crippen molar-refractivity contribution in [2.24, 2.45) is 0 Å². The van der Waals surface area contributed by atoms with Gasteiger partial charge >= 0.3 is 6.18 Å². The first-order valence-corrected chi connectivity index (χ1v) is 7.71. The number of nitrogens with one attached hydrogen (secondary N) is 1. The zero-order chi connectivity index (χ0) is 15.6. The van der Waals surface area contributed by atoms with E-state index < -0.39 is 11.7 Å². The van der Waals surface area contributed by atoms with Crippen LogP contribution in [0.3, 0.4) is 0 Å². The summed E-state index contributed by atoms with van der Waals surface area (Å²) in [6, 6.07) is 9.42. The average molecular weight is 423 g/mol. The Balaban J connectivity index is 2.19. The van der Waals surface area contributed by atoms with Gasteiger partial charge in [0, 0.05) is 21.2 Å². The smallest absolute Gasteiger partial charge is 0.380 e. The van der Waals surface area contributed by atoms with Crippen molar-refractivity contribution < 1.29 is 13.2 Å². The minimum Gasteiger partial charge on any atom is -0.380 e. The summed E-state index contributed by atoms with van der Waals surface area (Å²) in [6.45, 7) is 2.41. The third kappa shape index (κ3) is 4.23. The third-order valence-electron chi connectivity index (χ3n) is 2.97. The number of aryl methyl sites for hydroxylation is 1. The van der Waals surface area contributed by atoms with Gasteiger partial charge in [-0.3, -0.25) is 0 Å². The molecule has 0 saturated carbocycles. The third-order valence-corrected chi connectivity index (χ3v) is 4.40. The molecule has 0 aliphatic carbocycles. The van der Waals surface area contributed by atoms with Crippen LogP contribution in [-0.2, 0) is 12.7 Å². The molecule has 0 fully saturated rings. The van der Waals surface area contributed by atoms with Gasteiger partial charge in [0.05, 0.1) is 5.56 Å². The molecule has 6 heteroatoms. The van der Waals surface area contributed by atoms with Crippen molar-refractivity contribution in [1.82, 2.24) is 0 Å². The lowest BCUT2D eigenvalue weighted by Gasteiger charge is -2.13. The summed E-state index contributed by atoms with van der Waals surface area (Å²) in [5.41, 5.74) is 1.84. The molecule has 0 spiro atoms. The van der Waals surface area contributed by atoms with Crippen molar-refractivity contribution in [3.05, 3.63) is 62.0 Å². The van der Waals surface area contributed by atoms with E-state index in [9.17, 15) is 13.2 Å². The first-order valence-electron chi connectivity index (χ1n) is 6.13. The first-order chi connectivity index (χ1) is 9.77. The van der Waals surface area contributed by atoms with Crippen molar-refractivity contribution in [3.63, 3.8) is 0 Å². The molecule has 1 N–H and O–H groups in total. The minimum absolute atomic E-state index is 0.414. The monoisotopic (exact) mass is 421 g/mol. The quantitative estimate of drug-likeness (QED) is 0.625. The van der Waals surface area contributed by atoms with Crippen molar-refractivity contribution >= 4 is 37.5 Å². The topological polar surface area (TPSA) is 12.0 Å². The maximum Gasteiger partial charge on any atom is 0.416 e. The van der Waals surface area contributed by atoms with Gasteiger partial charge in [-0.15, -0.1) is 0 Å². The van der Waals surface area contributed by atoms with E-state index in [1.165, 1.54) is 6.07 Å². The largest absolute Gasteiger partial charge is 0.416 e. The van der Waals surface area contributed by atoms with Crippen LogP contribution in [0.1, 0.15) is 16.7 Å². The number of rotatable bonds is 3. The van der Waals surface area contributed by atoms with E-state index >= 15 is 0 Å². The Morgan fingerprint density at radius 1 is 1.00 bits per heavy atom. The van der Waals surface area contributed by atoms with Crippen LogP contribution >= 0.6 is 31.9 Å². The van der Waals surface area contributed by atoms with Gasteiger partial charge in [0.15, 0.2) is 0 Å². The number of alkyl halides is 3. The van der Waals surface area contributed by atoms with E-state index in [4.69, 9.17) is 0 Å². The van der Waals surface area contributed by atoms with Crippen LogP contribution in [0.15, 0.2) is 45.3 Å². The fraction of sp³-hybridized carbons (Fsp3) is 0.200. The van der Waals surface area contributed by atoms with Crippen molar-refractivity contribution in [2.45, 2.75) is 19.6 Å². The van der Waals surface area contributed by atoms with Gasteiger partial charge in [-0.05, 0) is 58.2 Å². The molecule has 0 amide bonds. The van der Waals surface area contributed by atoms with Crippen LogP contribution in [0.4, 0.5) is 18.9 Å². The Morgan fingerprint density at radius 3 is 2.33 bits per heavy atom. The number of hydrogen-bond donors (Lipinski definition) is 1. The second-order valence-electron chi connectivity index (χ2n) is 4.64. The molecule has 0 radical (unpaired) electrons. The summed E-state index contributed by atoms with van der Waals surface area (Å²) in [5.74, 6) is 0. The normalized spacial score (nSPS) is 11.5. The molecule has 2 aromatic rings. The Hall–Kier alpha value is -1.01. The van der Waals surface area contributed by atoms with E-state index in [0.717, 1.165) is 27.7 Å². The van der Waals surface area contributed by atoms with E-state index in [-0.39, 0.29) is 0 Å². The first kappa shape index (κ1) is 16.4. The molecule has 0 bridgehead atoms. The van der Waals surface area contributed by atoms with Gasteiger partial charge in [0.2, 0.25) is 0 Å². The van der Waals surface area contributed by atoms with Crippen molar-refractivity contribution in [3.8, 4) is 0 Å². The van der Waals surface area contributed by atoms with Gasteiger partial charge in [-0.2, -0.15) is 13.2 Å². The van der Waals surface area contributed by atoms with Gasteiger partial charge in [0.25, 0.3) is 0 Å². The maximum atomic E-state index is 12.7.